The Hall–Kier alpha value is -2.82. The van der Waals surface area contributed by atoms with Crippen LogP contribution in [0.4, 0.5) is 16.5 Å². The van der Waals surface area contributed by atoms with Crippen molar-refractivity contribution in [1.29, 1.82) is 0 Å². The number of amides is 1. The van der Waals surface area contributed by atoms with Crippen molar-refractivity contribution in [2.45, 2.75) is 0 Å². The van der Waals surface area contributed by atoms with Crippen LogP contribution in [0.5, 0.6) is 0 Å². The average Bonchev–Trinajstić information content (AvgIpc) is 3.40. The normalized spacial score (nSPS) is 14.7. The zero-order valence-corrected chi connectivity index (χ0v) is 17.3. The van der Waals surface area contributed by atoms with Crippen molar-refractivity contribution in [3.05, 3.63) is 56.8 Å². The van der Waals surface area contributed by atoms with Gasteiger partial charge in [0.05, 0.1) is 15.5 Å². The van der Waals surface area contributed by atoms with Gasteiger partial charge in [-0.25, -0.2) is 4.98 Å². The number of likely N-dealkylation sites (N-methyl/N-ethyl adjacent to an activating group) is 1. The first-order valence-electron chi connectivity index (χ1n) is 9.04. The van der Waals surface area contributed by atoms with E-state index in [0.717, 1.165) is 23.7 Å². The minimum atomic E-state index is -0.428. The number of nitro groups is 1. The van der Waals surface area contributed by atoms with Crippen LogP contribution in [-0.4, -0.2) is 53.9 Å². The molecule has 29 heavy (non-hydrogen) atoms. The summed E-state index contributed by atoms with van der Waals surface area (Å²) in [7, 11) is 2.03. The van der Waals surface area contributed by atoms with Crippen molar-refractivity contribution >= 4 is 45.1 Å². The number of thiophene rings is 1. The minimum absolute atomic E-state index is 0.0550. The van der Waals surface area contributed by atoms with Gasteiger partial charge in [-0.05, 0) is 30.6 Å². The van der Waals surface area contributed by atoms with Crippen LogP contribution in [0.25, 0.3) is 10.6 Å². The zero-order chi connectivity index (χ0) is 20.4. The summed E-state index contributed by atoms with van der Waals surface area (Å²) in [5, 5.41) is 18.7. The van der Waals surface area contributed by atoms with Gasteiger partial charge >= 0.3 is 0 Å². The largest absolute Gasteiger partial charge is 0.363 e. The fraction of sp³-hybridized carbons (Fsp3) is 0.263. The number of rotatable bonds is 5. The number of piperazine rings is 1. The number of carbonyl (C=O) groups is 1. The molecule has 1 fully saturated rings. The zero-order valence-electron chi connectivity index (χ0n) is 15.7. The molecule has 150 valence electrons. The molecule has 8 nitrogen and oxygen atoms in total. The molecule has 1 aromatic carbocycles. The summed E-state index contributed by atoms with van der Waals surface area (Å²) in [6.45, 7) is 3.12. The van der Waals surface area contributed by atoms with E-state index >= 15 is 0 Å². The van der Waals surface area contributed by atoms with Gasteiger partial charge in [-0.15, -0.1) is 22.7 Å². The second-order valence-electron chi connectivity index (χ2n) is 6.72. The number of nitro benzene ring substituents is 1. The molecule has 1 N–H and O–H groups in total. The van der Waals surface area contributed by atoms with E-state index in [1.165, 1.54) is 17.4 Å². The summed E-state index contributed by atoms with van der Waals surface area (Å²) >= 11 is 2.90. The summed E-state index contributed by atoms with van der Waals surface area (Å²) in [5.74, 6) is -0.412. The summed E-state index contributed by atoms with van der Waals surface area (Å²) < 4.78 is 0. The third-order valence-corrected chi connectivity index (χ3v) is 6.43. The number of nitrogens with one attached hydrogen (secondary N) is 1. The molecule has 3 aromatic rings. The SMILES string of the molecule is CN1CCN(c2ccc(C(=O)Nc3nc(-c4cccs4)cs3)cc2[N+](=O)[O-])CC1. The van der Waals surface area contributed by atoms with Crippen LogP contribution in [0, 0.1) is 10.1 Å². The van der Waals surface area contributed by atoms with Crippen LogP contribution in [0.1, 0.15) is 10.4 Å². The van der Waals surface area contributed by atoms with Crippen molar-refractivity contribution in [3.8, 4) is 10.6 Å². The van der Waals surface area contributed by atoms with Gasteiger partial charge < -0.3 is 9.80 Å². The average molecular weight is 430 g/mol. The molecule has 1 aliphatic rings. The van der Waals surface area contributed by atoms with E-state index in [2.05, 4.69) is 15.2 Å². The molecule has 0 aliphatic carbocycles. The third kappa shape index (κ3) is 4.29. The van der Waals surface area contributed by atoms with E-state index in [0.29, 0.717) is 23.9 Å². The van der Waals surface area contributed by atoms with E-state index in [-0.39, 0.29) is 11.3 Å². The van der Waals surface area contributed by atoms with E-state index in [1.54, 1.807) is 23.5 Å². The van der Waals surface area contributed by atoms with Crippen molar-refractivity contribution in [2.24, 2.45) is 0 Å². The van der Waals surface area contributed by atoms with Crippen molar-refractivity contribution in [2.75, 3.05) is 43.4 Å². The fourth-order valence-electron chi connectivity index (χ4n) is 3.16. The number of aromatic nitrogens is 1. The van der Waals surface area contributed by atoms with E-state index < -0.39 is 10.8 Å². The predicted molar refractivity (Wildman–Crippen MR) is 116 cm³/mol. The number of thiazole rings is 1. The lowest BCUT2D eigenvalue weighted by molar-refractivity contribution is -0.384. The highest BCUT2D eigenvalue weighted by Gasteiger charge is 2.24. The molecule has 2 aromatic heterocycles. The Kier molecular flexibility index (Phi) is 5.56. The summed E-state index contributed by atoms with van der Waals surface area (Å²) in [6, 6.07) is 8.54. The number of carbonyl (C=O) groups excluding carboxylic acids is 1. The van der Waals surface area contributed by atoms with Gasteiger partial charge in [-0.2, -0.15) is 0 Å². The molecule has 0 bridgehead atoms. The molecule has 0 spiro atoms. The second kappa shape index (κ2) is 8.27. The first-order chi connectivity index (χ1) is 14.0. The Morgan fingerprint density at radius 1 is 1.21 bits per heavy atom. The molecular formula is C19H19N5O3S2. The molecule has 1 aliphatic heterocycles. The lowest BCUT2D eigenvalue weighted by Crippen LogP contribution is -2.44. The highest BCUT2D eigenvalue weighted by Crippen LogP contribution is 2.31. The molecule has 4 rings (SSSR count). The van der Waals surface area contributed by atoms with E-state index in [9.17, 15) is 14.9 Å². The predicted octanol–water partition coefficient (Wildman–Crippen LogP) is 3.78. The van der Waals surface area contributed by atoms with Crippen molar-refractivity contribution < 1.29 is 9.72 Å². The molecule has 0 radical (unpaired) electrons. The molecule has 1 saturated heterocycles. The quantitative estimate of drug-likeness (QED) is 0.490. The molecule has 0 unspecified atom stereocenters. The Morgan fingerprint density at radius 3 is 2.69 bits per heavy atom. The van der Waals surface area contributed by atoms with Gasteiger partial charge in [0.25, 0.3) is 11.6 Å². The van der Waals surface area contributed by atoms with E-state index in [1.807, 2.05) is 34.8 Å². The van der Waals surface area contributed by atoms with Gasteiger partial charge in [-0.3, -0.25) is 20.2 Å². The molecular weight excluding hydrogens is 410 g/mol. The Morgan fingerprint density at radius 2 is 2.00 bits per heavy atom. The monoisotopic (exact) mass is 429 g/mol. The van der Waals surface area contributed by atoms with Gasteiger partial charge in [0.2, 0.25) is 0 Å². The highest BCUT2D eigenvalue weighted by molar-refractivity contribution is 7.16. The molecule has 0 atom stereocenters. The Bertz CT molecular complexity index is 1030. The van der Waals surface area contributed by atoms with Crippen LogP contribution in [-0.2, 0) is 0 Å². The number of hydrogen-bond acceptors (Lipinski definition) is 8. The summed E-state index contributed by atoms with van der Waals surface area (Å²) in [4.78, 5) is 33.5. The highest BCUT2D eigenvalue weighted by atomic mass is 32.1. The number of nitrogens with zero attached hydrogens (tertiary/aromatic N) is 4. The first-order valence-corrected chi connectivity index (χ1v) is 10.8. The van der Waals surface area contributed by atoms with Gasteiger partial charge in [0.1, 0.15) is 5.69 Å². The maximum Gasteiger partial charge on any atom is 0.293 e. The van der Waals surface area contributed by atoms with Gasteiger partial charge in [-0.1, -0.05) is 6.07 Å². The smallest absolute Gasteiger partial charge is 0.293 e. The van der Waals surface area contributed by atoms with Gasteiger partial charge in [0.15, 0.2) is 5.13 Å². The lowest BCUT2D eigenvalue weighted by Gasteiger charge is -2.33. The Balaban J connectivity index is 1.53. The van der Waals surface area contributed by atoms with Crippen molar-refractivity contribution in [3.63, 3.8) is 0 Å². The third-order valence-electron chi connectivity index (χ3n) is 4.78. The van der Waals surface area contributed by atoms with Crippen LogP contribution < -0.4 is 10.2 Å². The number of benzene rings is 1. The Labute approximate surface area is 175 Å². The molecule has 3 heterocycles. The number of hydrogen-bond donors (Lipinski definition) is 1. The summed E-state index contributed by atoms with van der Waals surface area (Å²) in [6.07, 6.45) is 0. The van der Waals surface area contributed by atoms with Crippen molar-refractivity contribution in [1.82, 2.24) is 9.88 Å². The topological polar surface area (TPSA) is 91.6 Å². The first kappa shape index (κ1) is 19.5. The lowest BCUT2D eigenvalue weighted by atomic mass is 10.1. The van der Waals surface area contributed by atoms with E-state index in [4.69, 9.17) is 0 Å². The fourth-order valence-corrected chi connectivity index (χ4v) is 4.63. The van der Waals surface area contributed by atoms with Crippen LogP contribution in [0.2, 0.25) is 0 Å². The summed E-state index contributed by atoms with van der Waals surface area (Å²) in [5.41, 5.74) is 1.54. The van der Waals surface area contributed by atoms with Crippen LogP contribution in [0.15, 0.2) is 41.1 Å². The molecule has 10 heteroatoms. The minimum Gasteiger partial charge on any atom is -0.363 e. The maximum absolute atomic E-state index is 12.6. The van der Waals surface area contributed by atoms with Crippen LogP contribution in [0.3, 0.4) is 0 Å². The maximum atomic E-state index is 12.6. The van der Waals surface area contributed by atoms with Crippen LogP contribution >= 0.6 is 22.7 Å². The number of anilines is 2. The standard InChI is InChI=1S/C19H19N5O3S2/c1-22-6-8-23(9-7-22)15-5-4-13(11-16(15)24(26)27)18(25)21-19-20-14(12-29-19)17-3-2-10-28-17/h2-5,10-12H,6-9H2,1H3,(H,20,21,25). The molecule has 1 amide bonds. The van der Waals surface area contributed by atoms with Gasteiger partial charge in [0, 0.05) is 43.2 Å². The molecule has 0 saturated carbocycles. The second-order valence-corrected chi connectivity index (χ2v) is 8.53.